The summed E-state index contributed by atoms with van der Waals surface area (Å²) in [6, 6.07) is 15.3. The zero-order valence-electron chi connectivity index (χ0n) is 19.2. The van der Waals surface area contributed by atoms with Gasteiger partial charge >= 0.3 is 0 Å². The minimum absolute atomic E-state index is 0.0920. The molecular weight excluding hydrogens is 468 g/mol. The molecule has 0 aliphatic carbocycles. The number of ether oxygens (including phenoxy) is 1. The molecule has 0 aliphatic rings. The first-order valence-electron chi connectivity index (χ1n) is 10.6. The predicted octanol–water partition coefficient (Wildman–Crippen LogP) is 5.72. The number of hydrogen-bond donors (Lipinski definition) is 0. The van der Waals surface area contributed by atoms with E-state index < -0.39 is 0 Å². The van der Waals surface area contributed by atoms with E-state index >= 15 is 0 Å². The number of methoxy groups -OCH3 is 1. The van der Waals surface area contributed by atoms with E-state index in [1.165, 1.54) is 23.1 Å². The number of fused-ring (bicyclic) bond motifs is 1. The average molecular weight is 491 g/mol. The molecule has 0 unspecified atom stereocenters. The molecule has 0 aliphatic heterocycles. The van der Waals surface area contributed by atoms with Crippen molar-refractivity contribution in [2.75, 3.05) is 7.11 Å². The lowest BCUT2D eigenvalue weighted by Gasteiger charge is -2.12. The number of aromatic nitrogens is 4. The van der Waals surface area contributed by atoms with Crippen LogP contribution < -0.4 is 10.3 Å². The molecule has 0 radical (unpaired) electrons. The summed E-state index contributed by atoms with van der Waals surface area (Å²) in [7, 11) is 1.61. The van der Waals surface area contributed by atoms with Gasteiger partial charge in [-0.2, -0.15) is 4.98 Å². The molecule has 9 heteroatoms. The van der Waals surface area contributed by atoms with E-state index in [0.29, 0.717) is 28.0 Å². The number of nitrogens with zero attached hydrogens (tertiary/aromatic N) is 4. The fourth-order valence-electron chi connectivity index (χ4n) is 3.70. The summed E-state index contributed by atoms with van der Waals surface area (Å²) in [5.74, 6) is 2.12. The Balaban J connectivity index is 1.54. The van der Waals surface area contributed by atoms with Gasteiger partial charge in [-0.05, 0) is 56.2 Å². The number of benzene rings is 2. The lowest BCUT2D eigenvalue weighted by molar-refractivity contribution is 0.391. The zero-order valence-corrected chi connectivity index (χ0v) is 20.8. The van der Waals surface area contributed by atoms with Gasteiger partial charge in [0, 0.05) is 10.4 Å². The Morgan fingerprint density at radius 3 is 2.56 bits per heavy atom. The van der Waals surface area contributed by atoms with Crippen molar-refractivity contribution in [3.05, 3.63) is 80.8 Å². The lowest BCUT2D eigenvalue weighted by atomic mass is 10.1. The van der Waals surface area contributed by atoms with Gasteiger partial charge in [0.15, 0.2) is 5.16 Å². The fourth-order valence-corrected chi connectivity index (χ4v) is 5.62. The first-order valence-corrected chi connectivity index (χ1v) is 12.4. The summed E-state index contributed by atoms with van der Waals surface area (Å²) in [6.07, 6.45) is 0. The van der Waals surface area contributed by atoms with Crippen LogP contribution in [0.3, 0.4) is 0 Å². The van der Waals surface area contributed by atoms with Crippen LogP contribution >= 0.6 is 23.1 Å². The molecule has 5 aromatic rings. The van der Waals surface area contributed by atoms with Crippen LogP contribution in [-0.2, 0) is 5.75 Å². The van der Waals surface area contributed by atoms with Crippen molar-refractivity contribution in [2.24, 2.45) is 0 Å². The van der Waals surface area contributed by atoms with Gasteiger partial charge in [-0.1, -0.05) is 41.2 Å². The van der Waals surface area contributed by atoms with Gasteiger partial charge in [-0.25, -0.2) is 4.98 Å². The van der Waals surface area contributed by atoms with Crippen LogP contribution in [0.2, 0.25) is 0 Å². The molecule has 5 rings (SSSR count). The molecule has 3 heterocycles. The molecule has 34 heavy (non-hydrogen) atoms. The number of aryl methyl sites for hydroxylation is 3. The van der Waals surface area contributed by atoms with Gasteiger partial charge in [-0.3, -0.25) is 9.36 Å². The maximum absolute atomic E-state index is 13.6. The summed E-state index contributed by atoms with van der Waals surface area (Å²) in [6.45, 7) is 5.99. The summed E-state index contributed by atoms with van der Waals surface area (Å²) < 4.78 is 12.4. The van der Waals surface area contributed by atoms with Crippen molar-refractivity contribution in [1.82, 2.24) is 19.7 Å². The predicted molar refractivity (Wildman–Crippen MR) is 135 cm³/mol. The van der Waals surface area contributed by atoms with Crippen molar-refractivity contribution < 1.29 is 9.26 Å². The molecule has 0 saturated carbocycles. The lowest BCUT2D eigenvalue weighted by Crippen LogP contribution is -2.21. The fraction of sp³-hybridized carbons (Fsp3) is 0.200. The molecule has 7 nitrogen and oxygen atoms in total. The maximum atomic E-state index is 13.6. The number of hydrogen-bond acceptors (Lipinski definition) is 8. The standard InChI is InChI=1S/C25H22N4O3S2/c1-14-7-5-6-8-19(14)22-26-20(32-28-22)13-33-25-27-23-21(15(2)16(3)34-23)24(30)29(25)17-9-11-18(31-4)12-10-17/h5-12H,13H2,1-4H3. The molecule has 172 valence electrons. The summed E-state index contributed by atoms with van der Waals surface area (Å²) >= 11 is 2.93. The van der Waals surface area contributed by atoms with E-state index in [0.717, 1.165) is 37.8 Å². The topological polar surface area (TPSA) is 83.0 Å². The van der Waals surface area contributed by atoms with Crippen LogP contribution in [0, 0.1) is 20.8 Å². The Kier molecular flexibility index (Phi) is 5.97. The highest BCUT2D eigenvalue weighted by molar-refractivity contribution is 7.98. The van der Waals surface area contributed by atoms with E-state index in [2.05, 4.69) is 10.1 Å². The average Bonchev–Trinajstić information content (AvgIpc) is 3.42. The quantitative estimate of drug-likeness (QED) is 0.222. The molecule has 2 aromatic carbocycles. The smallest absolute Gasteiger partial charge is 0.267 e. The highest BCUT2D eigenvalue weighted by atomic mass is 32.2. The molecule has 0 N–H and O–H groups in total. The van der Waals surface area contributed by atoms with Crippen molar-refractivity contribution in [2.45, 2.75) is 31.7 Å². The van der Waals surface area contributed by atoms with Gasteiger partial charge in [0.1, 0.15) is 10.6 Å². The molecule has 0 bridgehead atoms. The van der Waals surface area contributed by atoms with Gasteiger partial charge < -0.3 is 9.26 Å². The van der Waals surface area contributed by atoms with Crippen LogP contribution in [0.5, 0.6) is 5.75 Å². The van der Waals surface area contributed by atoms with E-state index in [4.69, 9.17) is 14.2 Å². The van der Waals surface area contributed by atoms with Gasteiger partial charge in [0.25, 0.3) is 5.56 Å². The first kappa shape index (κ1) is 22.4. The molecule has 0 spiro atoms. The highest BCUT2D eigenvalue weighted by Gasteiger charge is 2.19. The highest BCUT2D eigenvalue weighted by Crippen LogP contribution is 2.31. The Labute approximate surface area is 204 Å². The Bertz CT molecular complexity index is 1550. The third-order valence-electron chi connectivity index (χ3n) is 5.68. The van der Waals surface area contributed by atoms with Crippen LogP contribution in [-0.4, -0.2) is 26.8 Å². The van der Waals surface area contributed by atoms with E-state index in [-0.39, 0.29) is 5.56 Å². The molecule has 0 amide bonds. The Hall–Kier alpha value is -3.43. The van der Waals surface area contributed by atoms with Crippen molar-refractivity contribution in [3.63, 3.8) is 0 Å². The number of thioether (sulfide) groups is 1. The number of thiophene rings is 1. The Morgan fingerprint density at radius 2 is 1.82 bits per heavy atom. The van der Waals surface area contributed by atoms with Crippen LogP contribution in [0.15, 0.2) is 63.0 Å². The van der Waals surface area contributed by atoms with Crippen LogP contribution in [0.4, 0.5) is 0 Å². The third kappa shape index (κ3) is 4.01. The first-order chi connectivity index (χ1) is 16.5. The molecular formula is C25H22N4O3S2. The molecule has 3 aromatic heterocycles. The third-order valence-corrected chi connectivity index (χ3v) is 7.71. The van der Waals surface area contributed by atoms with Crippen molar-refractivity contribution in [1.29, 1.82) is 0 Å². The second kappa shape index (κ2) is 9.08. The monoisotopic (exact) mass is 490 g/mol. The maximum Gasteiger partial charge on any atom is 0.267 e. The second-order valence-electron chi connectivity index (χ2n) is 7.81. The summed E-state index contributed by atoms with van der Waals surface area (Å²) in [5, 5.41) is 5.37. The SMILES string of the molecule is COc1ccc(-n2c(SCc3nc(-c4ccccc4C)no3)nc3sc(C)c(C)c3c2=O)cc1. The second-order valence-corrected chi connectivity index (χ2v) is 9.96. The van der Waals surface area contributed by atoms with Crippen LogP contribution in [0.1, 0.15) is 21.9 Å². The van der Waals surface area contributed by atoms with E-state index in [1.54, 1.807) is 11.7 Å². The normalized spacial score (nSPS) is 11.3. The summed E-state index contributed by atoms with van der Waals surface area (Å²) in [5.41, 5.74) is 3.60. The van der Waals surface area contributed by atoms with Gasteiger partial charge in [-0.15, -0.1) is 11.3 Å². The molecule has 0 fully saturated rings. The minimum Gasteiger partial charge on any atom is -0.497 e. The van der Waals surface area contributed by atoms with E-state index in [1.807, 2.05) is 69.3 Å². The Morgan fingerprint density at radius 1 is 1.06 bits per heavy atom. The van der Waals surface area contributed by atoms with Gasteiger partial charge in [0.05, 0.1) is 23.9 Å². The zero-order chi connectivity index (χ0) is 23.8. The van der Waals surface area contributed by atoms with E-state index in [9.17, 15) is 4.79 Å². The minimum atomic E-state index is -0.0920. The van der Waals surface area contributed by atoms with Crippen molar-refractivity contribution >= 4 is 33.3 Å². The molecule has 0 atom stereocenters. The molecule has 0 saturated heterocycles. The van der Waals surface area contributed by atoms with Gasteiger partial charge in [0.2, 0.25) is 11.7 Å². The largest absolute Gasteiger partial charge is 0.497 e. The van der Waals surface area contributed by atoms with Crippen LogP contribution in [0.25, 0.3) is 27.3 Å². The van der Waals surface area contributed by atoms with Crippen molar-refractivity contribution in [3.8, 4) is 22.8 Å². The number of rotatable bonds is 6. The summed E-state index contributed by atoms with van der Waals surface area (Å²) in [4.78, 5) is 24.8.